The molecule has 2 aliphatic heterocycles. The number of allylic oxidation sites excluding steroid dienone is 1. The number of hydrogen-bond acceptors (Lipinski definition) is 5. The summed E-state index contributed by atoms with van der Waals surface area (Å²) in [7, 11) is 0. The molecule has 0 saturated carbocycles. The lowest BCUT2D eigenvalue weighted by Gasteiger charge is -2.22. The van der Waals surface area contributed by atoms with E-state index in [4.69, 9.17) is 9.47 Å². The molecule has 2 aliphatic rings. The lowest BCUT2D eigenvalue weighted by atomic mass is 9.89. The zero-order valence-corrected chi connectivity index (χ0v) is 17.4. The lowest BCUT2D eigenvalue weighted by Crippen LogP contribution is -2.41. The van der Waals surface area contributed by atoms with E-state index in [0.29, 0.717) is 29.3 Å². The first kappa shape index (κ1) is 19.7. The van der Waals surface area contributed by atoms with Gasteiger partial charge in [0, 0.05) is 16.6 Å². The van der Waals surface area contributed by atoms with Crippen LogP contribution in [-0.4, -0.2) is 30.1 Å². The highest BCUT2D eigenvalue weighted by Gasteiger charge is 2.50. The van der Waals surface area contributed by atoms with Gasteiger partial charge in [0.15, 0.2) is 22.9 Å². The fourth-order valence-electron chi connectivity index (χ4n) is 3.66. The van der Waals surface area contributed by atoms with Gasteiger partial charge in [-0.05, 0) is 48.4 Å². The summed E-state index contributed by atoms with van der Waals surface area (Å²) in [6, 6.07) is 10.7. The molecule has 0 aromatic heterocycles. The first-order chi connectivity index (χ1) is 13.9. The van der Waals surface area contributed by atoms with Gasteiger partial charge in [0.25, 0.3) is 5.91 Å². The third kappa shape index (κ3) is 3.56. The van der Waals surface area contributed by atoms with Crippen molar-refractivity contribution in [1.82, 2.24) is 0 Å². The number of nitrogens with zero attached hydrogens (tertiary/aromatic N) is 1. The molecule has 0 spiro atoms. The Morgan fingerprint density at radius 1 is 1.24 bits per heavy atom. The summed E-state index contributed by atoms with van der Waals surface area (Å²) in [6.07, 6.45) is 3.44. The van der Waals surface area contributed by atoms with Gasteiger partial charge < -0.3 is 19.5 Å². The van der Waals surface area contributed by atoms with Crippen LogP contribution in [0.3, 0.4) is 0 Å². The van der Waals surface area contributed by atoms with E-state index < -0.39 is 11.5 Å². The molecule has 2 aromatic rings. The van der Waals surface area contributed by atoms with Crippen molar-refractivity contribution >= 4 is 39.4 Å². The summed E-state index contributed by atoms with van der Waals surface area (Å²) in [5, 5.41) is 11.2. The number of aliphatic hydroxyl groups is 1. The molecular weight excluding hydrogens is 438 g/mol. The molecule has 0 saturated heterocycles. The molecule has 6 nitrogen and oxygen atoms in total. The Balaban J connectivity index is 1.57. The summed E-state index contributed by atoms with van der Waals surface area (Å²) in [5.74, 6) is 0.482. The number of hydrogen-bond donors (Lipinski definition) is 1. The molecule has 1 atom stereocenters. The van der Waals surface area contributed by atoms with Gasteiger partial charge >= 0.3 is 0 Å². The standard InChI is InChI=1S/C22H20BrNO5/c1-2-9-24-18-7-5-15(23)11-17(18)22(27,21(24)26)12-16(25)6-3-14-4-8-19-20(10-14)29-13-28-19/h3-8,10-11,27H,2,9,12-13H2,1H3/b6-3+/t22-/m1/s1. The zero-order chi connectivity index (χ0) is 20.6. The van der Waals surface area contributed by atoms with E-state index in [1.165, 1.54) is 6.08 Å². The van der Waals surface area contributed by atoms with Crippen molar-refractivity contribution in [2.75, 3.05) is 18.2 Å². The largest absolute Gasteiger partial charge is 0.454 e. The average molecular weight is 458 g/mol. The number of rotatable bonds is 6. The third-order valence-electron chi connectivity index (χ3n) is 5.03. The van der Waals surface area contributed by atoms with Crippen molar-refractivity contribution in [3.05, 3.63) is 58.1 Å². The molecule has 4 rings (SSSR count). The van der Waals surface area contributed by atoms with Crippen LogP contribution < -0.4 is 14.4 Å². The van der Waals surface area contributed by atoms with Crippen LogP contribution in [0.15, 0.2) is 46.9 Å². The van der Waals surface area contributed by atoms with E-state index in [-0.39, 0.29) is 19.0 Å². The monoisotopic (exact) mass is 457 g/mol. The number of anilines is 1. The molecule has 0 unspecified atom stereocenters. The lowest BCUT2D eigenvalue weighted by molar-refractivity contribution is -0.140. The van der Waals surface area contributed by atoms with E-state index in [1.54, 1.807) is 35.2 Å². The number of carbonyl (C=O) groups excluding carboxylic acids is 2. The van der Waals surface area contributed by atoms with Gasteiger partial charge in [-0.2, -0.15) is 0 Å². The van der Waals surface area contributed by atoms with Crippen molar-refractivity contribution in [3.63, 3.8) is 0 Å². The van der Waals surface area contributed by atoms with Gasteiger partial charge in [-0.25, -0.2) is 0 Å². The van der Waals surface area contributed by atoms with Crippen LogP contribution in [0.5, 0.6) is 11.5 Å². The first-order valence-corrected chi connectivity index (χ1v) is 10.2. The van der Waals surface area contributed by atoms with Gasteiger partial charge in [-0.1, -0.05) is 35.0 Å². The Hall–Kier alpha value is -2.64. The van der Waals surface area contributed by atoms with Gasteiger partial charge in [-0.15, -0.1) is 0 Å². The van der Waals surface area contributed by atoms with Gasteiger partial charge in [0.05, 0.1) is 12.1 Å². The average Bonchev–Trinajstić information content (AvgIpc) is 3.24. The minimum absolute atomic E-state index is 0.180. The van der Waals surface area contributed by atoms with Crippen LogP contribution in [0.4, 0.5) is 5.69 Å². The van der Waals surface area contributed by atoms with Crippen LogP contribution in [0, 0.1) is 0 Å². The van der Waals surface area contributed by atoms with E-state index in [9.17, 15) is 14.7 Å². The molecule has 0 radical (unpaired) electrons. The minimum atomic E-state index is -1.87. The van der Waals surface area contributed by atoms with E-state index in [1.807, 2.05) is 19.1 Å². The Morgan fingerprint density at radius 3 is 2.83 bits per heavy atom. The molecule has 2 aromatic carbocycles. The maximum absolute atomic E-state index is 13.0. The van der Waals surface area contributed by atoms with Crippen molar-refractivity contribution in [2.24, 2.45) is 0 Å². The van der Waals surface area contributed by atoms with Crippen LogP contribution in [0.2, 0.25) is 0 Å². The molecular formula is C22H20BrNO5. The SMILES string of the molecule is CCCN1C(=O)[C@@](O)(CC(=O)/C=C/c2ccc3c(c2)OCO3)c2cc(Br)ccc21. The first-order valence-electron chi connectivity index (χ1n) is 9.37. The third-order valence-corrected chi connectivity index (χ3v) is 5.52. The molecule has 0 bridgehead atoms. The fourth-order valence-corrected chi connectivity index (χ4v) is 4.02. The maximum Gasteiger partial charge on any atom is 0.264 e. The number of amides is 1. The van der Waals surface area contributed by atoms with Crippen molar-refractivity contribution in [1.29, 1.82) is 0 Å². The molecule has 1 N–H and O–H groups in total. The molecule has 29 heavy (non-hydrogen) atoms. The molecule has 1 amide bonds. The van der Waals surface area contributed by atoms with E-state index in [2.05, 4.69) is 15.9 Å². The number of halogens is 1. The van der Waals surface area contributed by atoms with Crippen molar-refractivity contribution in [3.8, 4) is 11.5 Å². The van der Waals surface area contributed by atoms with E-state index in [0.717, 1.165) is 16.5 Å². The summed E-state index contributed by atoms with van der Waals surface area (Å²) in [6.45, 7) is 2.62. The zero-order valence-electron chi connectivity index (χ0n) is 15.9. The predicted octanol–water partition coefficient (Wildman–Crippen LogP) is 3.79. The Labute approximate surface area is 176 Å². The number of carbonyl (C=O) groups is 2. The predicted molar refractivity (Wildman–Crippen MR) is 112 cm³/mol. The van der Waals surface area contributed by atoms with Crippen molar-refractivity contribution < 1.29 is 24.2 Å². The van der Waals surface area contributed by atoms with Crippen LogP contribution in [0.1, 0.15) is 30.9 Å². The van der Waals surface area contributed by atoms with Crippen LogP contribution in [0.25, 0.3) is 6.08 Å². The summed E-state index contributed by atoms with van der Waals surface area (Å²) >= 11 is 3.39. The van der Waals surface area contributed by atoms with E-state index >= 15 is 0 Å². The maximum atomic E-state index is 13.0. The molecule has 150 valence electrons. The topological polar surface area (TPSA) is 76.1 Å². The highest BCUT2D eigenvalue weighted by Crippen LogP contribution is 2.44. The van der Waals surface area contributed by atoms with Crippen LogP contribution >= 0.6 is 15.9 Å². The van der Waals surface area contributed by atoms with Gasteiger partial charge in [0.2, 0.25) is 6.79 Å². The number of benzene rings is 2. The number of fused-ring (bicyclic) bond motifs is 2. The van der Waals surface area contributed by atoms with Gasteiger partial charge in [0.1, 0.15) is 0 Å². The smallest absolute Gasteiger partial charge is 0.264 e. The quantitative estimate of drug-likeness (QED) is 0.667. The Kier molecular flexibility index (Phi) is 5.19. The fraction of sp³-hybridized carbons (Fsp3) is 0.273. The number of ketones is 1. The molecule has 7 heteroatoms. The second-order valence-corrected chi connectivity index (χ2v) is 7.98. The summed E-state index contributed by atoms with van der Waals surface area (Å²) in [4.78, 5) is 27.2. The summed E-state index contributed by atoms with van der Waals surface area (Å²) < 4.78 is 11.3. The molecule has 2 heterocycles. The van der Waals surface area contributed by atoms with Crippen molar-refractivity contribution in [2.45, 2.75) is 25.4 Å². The van der Waals surface area contributed by atoms with Gasteiger partial charge in [-0.3, -0.25) is 9.59 Å². The molecule has 0 fully saturated rings. The van der Waals surface area contributed by atoms with Crippen LogP contribution in [-0.2, 0) is 15.2 Å². The number of ether oxygens (including phenoxy) is 2. The minimum Gasteiger partial charge on any atom is -0.454 e. The Morgan fingerprint density at radius 2 is 2.03 bits per heavy atom. The Bertz CT molecular complexity index is 1020. The second kappa shape index (κ2) is 7.65. The highest BCUT2D eigenvalue weighted by atomic mass is 79.9. The second-order valence-electron chi connectivity index (χ2n) is 7.07. The molecule has 0 aliphatic carbocycles. The normalized spacial score (nSPS) is 19.8. The summed E-state index contributed by atoms with van der Waals surface area (Å²) in [5.41, 5.74) is -0.00160. The highest BCUT2D eigenvalue weighted by molar-refractivity contribution is 9.10.